The number of carbonyl (C=O) groups is 1. The molecule has 2 rings (SSSR count). The van der Waals surface area contributed by atoms with Gasteiger partial charge in [-0.2, -0.15) is 0 Å². The van der Waals surface area contributed by atoms with Gasteiger partial charge in [0.1, 0.15) is 0 Å². The van der Waals surface area contributed by atoms with E-state index in [4.69, 9.17) is 5.73 Å². The van der Waals surface area contributed by atoms with Crippen molar-refractivity contribution in [3.63, 3.8) is 0 Å². The summed E-state index contributed by atoms with van der Waals surface area (Å²) in [6.45, 7) is 5.55. The molecule has 1 amide bonds. The molecule has 21 heavy (non-hydrogen) atoms. The van der Waals surface area contributed by atoms with E-state index in [-0.39, 0.29) is 5.92 Å². The van der Waals surface area contributed by atoms with Gasteiger partial charge in [-0.05, 0) is 49.4 Å². The molecule has 0 unspecified atom stereocenters. The Hall–Kier alpha value is -1.35. The summed E-state index contributed by atoms with van der Waals surface area (Å²) in [4.78, 5) is 14.8. The summed E-state index contributed by atoms with van der Waals surface area (Å²) in [7, 11) is 0. The third-order valence-electron chi connectivity index (χ3n) is 4.53. The Morgan fingerprint density at radius 2 is 2.00 bits per heavy atom. The van der Waals surface area contributed by atoms with Gasteiger partial charge in [0.15, 0.2) is 0 Å². The topological polar surface area (TPSA) is 46.3 Å². The van der Waals surface area contributed by atoms with Crippen molar-refractivity contribution < 1.29 is 4.79 Å². The molecule has 3 heteroatoms. The summed E-state index contributed by atoms with van der Waals surface area (Å²) >= 11 is 0. The van der Waals surface area contributed by atoms with Crippen molar-refractivity contribution >= 4 is 11.6 Å². The van der Waals surface area contributed by atoms with Crippen molar-refractivity contribution in [3.05, 3.63) is 29.3 Å². The Morgan fingerprint density at radius 3 is 2.57 bits per heavy atom. The number of carbonyl (C=O) groups excluding carboxylic acids is 1. The molecule has 2 N–H and O–H groups in total. The second-order valence-electron chi connectivity index (χ2n) is 6.14. The van der Waals surface area contributed by atoms with Gasteiger partial charge in [0.2, 0.25) is 5.91 Å². The Balaban J connectivity index is 2.21. The number of amides is 1. The van der Waals surface area contributed by atoms with Crippen molar-refractivity contribution in [2.45, 2.75) is 58.9 Å². The molecule has 0 heterocycles. The number of nitrogens with zero attached hydrogens (tertiary/aromatic N) is 1. The van der Waals surface area contributed by atoms with E-state index in [9.17, 15) is 4.79 Å². The van der Waals surface area contributed by atoms with Crippen molar-refractivity contribution in [1.82, 2.24) is 0 Å². The third kappa shape index (κ3) is 3.85. The molecule has 1 saturated carbocycles. The normalized spacial score (nSPS) is 16.0. The molecule has 1 aliphatic rings. The summed E-state index contributed by atoms with van der Waals surface area (Å²) in [6.07, 6.45) is 6.76. The lowest BCUT2D eigenvalue weighted by Crippen LogP contribution is -2.37. The molecule has 0 atom stereocenters. The number of anilines is 1. The van der Waals surface area contributed by atoms with Gasteiger partial charge in [0, 0.05) is 24.7 Å². The molecule has 1 fully saturated rings. The van der Waals surface area contributed by atoms with E-state index < -0.39 is 0 Å². The first kappa shape index (κ1) is 16.0. The largest absolute Gasteiger partial charge is 0.326 e. The van der Waals surface area contributed by atoms with E-state index in [1.165, 1.54) is 24.8 Å². The van der Waals surface area contributed by atoms with Crippen LogP contribution in [0.25, 0.3) is 0 Å². The van der Waals surface area contributed by atoms with E-state index in [2.05, 4.69) is 26.0 Å². The fourth-order valence-corrected chi connectivity index (χ4v) is 3.24. The average molecular weight is 288 g/mol. The minimum Gasteiger partial charge on any atom is -0.326 e. The SMILES string of the molecule is CCCN(C(=O)C1CCCCC1)c1ccc(CN)c(C)c1. The van der Waals surface area contributed by atoms with Crippen LogP contribution in [0.1, 0.15) is 56.6 Å². The third-order valence-corrected chi connectivity index (χ3v) is 4.53. The molecule has 0 saturated heterocycles. The van der Waals surface area contributed by atoms with Gasteiger partial charge >= 0.3 is 0 Å². The van der Waals surface area contributed by atoms with Crippen LogP contribution in [0.5, 0.6) is 0 Å². The number of aryl methyl sites for hydroxylation is 1. The minimum atomic E-state index is 0.222. The zero-order valence-electron chi connectivity index (χ0n) is 13.4. The average Bonchev–Trinajstić information content (AvgIpc) is 2.52. The summed E-state index contributed by atoms with van der Waals surface area (Å²) in [5.74, 6) is 0.538. The van der Waals surface area contributed by atoms with Gasteiger partial charge < -0.3 is 10.6 Å². The molecular formula is C18H28N2O. The lowest BCUT2D eigenvalue weighted by molar-refractivity contribution is -0.123. The van der Waals surface area contributed by atoms with Crippen LogP contribution in [0, 0.1) is 12.8 Å². The van der Waals surface area contributed by atoms with Gasteiger partial charge in [0.05, 0.1) is 0 Å². The predicted octanol–water partition coefficient (Wildman–Crippen LogP) is 3.78. The Kier molecular flexibility index (Phi) is 5.80. The van der Waals surface area contributed by atoms with Crippen molar-refractivity contribution in [3.8, 4) is 0 Å². The summed E-state index contributed by atoms with van der Waals surface area (Å²) in [5.41, 5.74) is 9.09. The zero-order valence-corrected chi connectivity index (χ0v) is 13.4. The highest BCUT2D eigenvalue weighted by atomic mass is 16.2. The number of nitrogens with two attached hydrogens (primary N) is 1. The second kappa shape index (κ2) is 7.60. The highest BCUT2D eigenvalue weighted by Crippen LogP contribution is 2.28. The quantitative estimate of drug-likeness (QED) is 0.896. The van der Waals surface area contributed by atoms with Crippen LogP contribution in [-0.4, -0.2) is 12.5 Å². The van der Waals surface area contributed by atoms with Crippen LogP contribution in [-0.2, 0) is 11.3 Å². The molecule has 116 valence electrons. The number of rotatable bonds is 5. The highest BCUT2D eigenvalue weighted by molar-refractivity contribution is 5.95. The first-order valence-corrected chi connectivity index (χ1v) is 8.28. The lowest BCUT2D eigenvalue weighted by atomic mass is 9.88. The van der Waals surface area contributed by atoms with Crippen LogP contribution in [0.15, 0.2) is 18.2 Å². The first-order valence-electron chi connectivity index (χ1n) is 8.28. The van der Waals surface area contributed by atoms with Gasteiger partial charge in [0.25, 0.3) is 0 Å². The van der Waals surface area contributed by atoms with Crippen LogP contribution in [0.4, 0.5) is 5.69 Å². The fourth-order valence-electron chi connectivity index (χ4n) is 3.24. The van der Waals surface area contributed by atoms with E-state index in [1.807, 2.05) is 11.0 Å². The number of hydrogen-bond acceptors (Lipinski definition) is 2. The van der Waals surface area contributed by atoms with Gasteiger partial charge in [-0.15, -0.1) is 0 Å². The molecule has 0 aliphatic heterocycles. The summed E-state index contributed by atoms with van der Waals surface area (Å²) in [5, 5.41) is 0. The van der Waals surface area contributed by atoms with Crippen molar-refractivity contribution in [2.75, 3.05) is 11.4 Å². The summed E-state index contributed by atoms with van der Waals surface area (Å²) < 4.78 is 0. The van der Waals surface area contributed by atoms with Crippen molar-refractivity contribution in [2.24, 2.45) is 11.7 Å². The van der Waals surface area contributed by atoms with Crippen LogP contribution < -0.4 is 10.6 Å². The Labute approximate surface area is 128 Å². The number of hydrogen-bond donors (Lipinski definition) is 1. The van der Waals surface area contributed by atoms with E-state index in [1.54, 1.807) is 0 Å². The molecular weight excluding hydrogens is 260 g/mol. The Bertz CT molecular complexity index is 478. The molecule has 0 aromatic heterocycles. The van der Waals surface area contributed by atoms with E-state index in [0.29, 0.717) is 12.5 Å². The van der Waals surface area contributed by atoms with Gasteiger partial charge in [-0.25, -0.2) is 0 Å². The molecule has 3 nitrogen and oxygen atoms in total. The minimum absolute atomic E-state index is 0.222. The fraction of sp³-hybridized carbons (Fsp3) is 0.611. The summed E-state index contributed by atoms with van der Waals surface area (Å²) in [6, 6.07) is 6.21. The first-order chi connectivity index (χ1) is 10.2. The van der Waals surface area contributed by atoms with Crippen LogP contribution in [0.3, 0.4) is 0 Å². The predicted molar refractivity (Wildman–Crippen MR) is 88.3 cm³/mol. The molecule has 1 aromatic rings. The van der Waals surface area contributed by atoms with E-state index >= 15 is 0 Å². The van der Waals surface area contributed by atoms with E-state index in [0.717, 1.165) is 37.1 Å². The number of benzene rings is 1. The molecule has 1 aliphatic carbocycles. The smallest absolute Gasteiger partial charge is 0.230 e. The standard InChI is InChI=1S/C18H28N2O/c1-3-11-20(18(21)15-7-5-4-6-8-15)17-10-9-16(13-19)14(2)12-17/h9-10,12,15H,3-8,11,13,19H2,1-2H3. The van der Waals surface area contributed by atoms with Crippen LogP contribution >= 0.6 is 0 Å². The maximum Gasteiger partial charge on any atom is 0.230 e. The monoisotopic (exact) mass is 288 g/mol. The highest BCUT2D eigenvalue weighted by Gasteiger charge is 2.26. The van der Waals surface area contributed by atoms with Gasteiger partial charge in [-0.3, -0.25) is 4.79 Å². The van der Waals surface area contributed by atoms with Crippen molar-refractivity contribution in [1.29, 1.82) is 0 Å². The van der Waals surface area contributed by atoms with Gasteiger partial charge in [-0.1, -0.05) is 32.3 Å². The zero-order chi connectivity index (χ0) is 15.2. The Morgan fingerprint density at radius 1 is 1.29 bits per heavy atom. The second-order valence-corrected chi connectivity index (χ2v) is 6.14. The molecule has 0 bridgehead atoms. The maximum atomic E-state index is 12.9. The molecule has 0 radical (unpaired) electrons. The molecule has 1 aromatic carbocycles. The molecule has 0 spiro atoms. The van der Waals surface area contributed by atoms with Crippen LogP contribution in [0.2, 0.25) is 0 Å². The lowest BCUT2D eigenvalue weighted by Gasteiger charge is -2.29. The maximum absolute atomic E-state index is 12.9.